The van der Waals surface area contributed by atoms with Crippen molar-refractivity contribution in [1.29, 1.82) is 0 Å². The summed E-state index contributed by atoms with van der Waals surface area (Å²) in [7, 11) is 3.92. The van der Waals surface area contributed by atoms with E-state index in [1.165, 1.54) is 0 Å². The second-order valence-corrected chi connectivity index (χ2v) is 5.55. The summed E-state index contributed by atoms with van der Waals surface area (Å²) >= 11 is 0. The minimum absolute atomic E-state index is 0.0344. The number of aliphatic hydroxyl groups excluding tert-OH is 1. The molecule has 2 heterocycles. The van der Waals surface area contributed by atoms with E-state index in [4.69, 9.17) is 5.73 Å². The highest BCUT2D eigenvalue weighted by Gasteiger charge is 2.35. The number of aliphatic hydroxyl groups is 1. The number of likely N-dealkylation sites (N-methyl/N-ethyl adjacent to an activating group) is 1. The summed E-state index contributed by atoms with van der Waals surface area (Å²) in [4.78, 5) is 20.4. The Morgan fingerprint density at radius 3 is 3.00 bits per heavy atom. The Labute approximate surface area is 119 Å². The predicted octanol–water partition coefficient (Wildman–Crippen LogP) is -1.02. The maximum Gasteiger partial charge on any atom is 0.274 e. The van der Waals surface area contributed by atoms with Crippen LogP contribution in [0.3, 0.4) is 0 Å². The van der Waals surface area contributed by atoms with Crippen LogP contribution >= 0.6 is 0 Å². The Balaban J connectivity index is 2.09. The van der Waals surface area contributed by atoms with E-state index >= 15 is 0 Å². The van der Waals surface area contributed by atoms with Crippen LogP contribution in [0.2, 0.25) is 0 Å². The number of hydrogen-bond donors (Lipinski definition) is 2. The van der Waals surface area contributed by atoms with Crippen LogP contribution in [0, 0.1) is 0 Å². The number of nitrogens with zero attached hydrogens (tertiary/aromatic N) is 4. The summed E-state index contributed by atoms with van der Waals surface area (Å²) in [6, 6.07) is 0.0344. The normalized spacial score (nSPS) is 22.8. The minimum atomic E-state index is -0.449. The van der Waals surface area contributed by atoms with Gasteiger partial charge in [-0.15, -0.1) is 0 Å². The van der Waals surface area contributed by atoms with Crippen molar-refractivity contribution < 1.29 is 9.90 Å². The monoisotopic (exact) mass is 281 g/mol. The van der Waals surface area contributed by atoms with E-state index in [9.17, 15) is 9.90 Å². The molecule has 7 nitrogen and oxygen atoms in total. The van der Waals surface area contributed by atoms with Crippen LogP contribution in [0.1, 0.15) is 16.9 Å². The molecule has 1 aromatic rings. The highest BCUT2D eigenvalue weighted by molar-refractivity contribution is 5.92. The molecule has 112 valence electrons. The number of imidazole rings is 1. The van der Waals surface area contributed by atoms with E-state index in [2.05, 4.69) is 4.98 Å². The highest BCUT2D eigenvalue weighted by Crippen LogP contribution is 2.20. The maximum absolute atomic E-state index is 12.5. The summed E-state index contributed by atoms with van der Waals surface area (Å²) in [5.41, 5.74) is 5.89. The average molecular weight is 281 g/mol. The molecule has 1 saturated heterocycles. The van der Waals surface area contributed by atoms with Crippen molar-refractivity contribution >= 4 is 5.91 Å². The van der Waals surface area contributed by atoms with E-state index in [0.29, 0.717) is 31.7 Å². The SMILES string of the molecule is CN(C)CC1CC(O)CN1C(=O)c1cn(CCN)cn1. The Morgan fingerprint density at radius 2 is 2.35 bits per heavy atom. The summed E-state index contributed by atoms with van der Waals surface area (Å²) in [6.45, 7) is 2.27. The zero-order chi connectivity index (χ0) is 14.7. The molecule has 2 rings (SSSR count). The zero-order valence-electron chi connectivity index (χ0n) is 12.1. The van der Waals surface area contributed by atoms with Gasteiger partial charge in [-0.1, -0.05) is 0 Å². The molecule has 0 aromatic carbocycles. The first-order valence-electron chi connectivity index (χ1n) is 6.87. The molecule has 1 aliphatic rings. The van der Waals surface area contributed by atoms with E-state index in [1.54, 1.807) is 22.0 Å². The second-order valence-electron chi connectivity index (χ2n) is 5.55. The van der Waals surface area contributed by atoms with Gasteiger partial charge in [-0.05, 0) is 20.5 Å². The third-order valence-corrected chi connectivity index (χ3v) is 3.47. The smallest absolute Gasteiger partial charge is 0.274 e. The van der Waals surface area contributed by atoms with Gasteiger partial charge in [0.2, 0.25) is 0 Å². The van der Waals surface area contributed by atoms with Crippen LogP contribution in [0.4, 0.5) is 0 Å². The molecule has 0 radical (unpaired) electrons. The number of amides is 1. The number of hydrogen-bond acceptors (Lipinski definition) is 5. The highest BCUT2D eigenvalue weighted by atomic mass is 16.3. The van der Waals surface area contributed by atoms with Crippen molar-refractivity contribution in [2.45, 2.75) is 25.1 Å². The zero-order valence-corrected chi connectivity index (χ0v) is 12.1. The lowest BCUT2D eigenvalue weighted by molar-refractivity contribution is 0.0693. The van der Waals surface area contributed by atoms with Gasteiger partial charge in [-0.25, -0.2) is 4.98 Å². The van der Waals surface area contributed by atoms with Gasteiger partial charge in [0.15, 0.2) is 0 Å². The molecule has 3 N–H and O–H groups in total. The molecule has 20 heavy (non-hydrogen) atoms. The van der Waals surface area contributed by atoms with Crippen LogP contribution in [0.25, 0.3) is 0 Å². The number of aromatic nitrogens is 2. The van der Waals surface area contributed by atoms with E-state index in [1.807, 2.05) is 19.0 Å². The van der Waals surface area contributed by atoms with E-state index in [0.717, 1.165) is 6.54 Å². The number of likely N-dealkylation sites (tertiary alicyclic amines) is 1. The van der Waals surface area contributed by atoms with Crippen LogP contribution in [-0.2, 0) is 6.54 Å². The molecule has 0 saturated carbocycles. The van der Waals surface area contributed by atoms with Gasteiger partial charge in [0.1, 0.15) is 5.69 Å². The largest absolute Gasteiger partial charge is 0.391 e. The van der Waals surface area contributed by atoms with Gasteiger partial charge in [0.05, 0.1) is 12.4 Å². The van der Waals surface area contributed by atoms with Crippen LogP contribution in [0.5, 0.6) is 0 Å². The van der Waals surface area contributed by atoms with Gasteiger partial charge in [0, 0.05) is 38.4 Å². The fourth-order valence-corrected chi connectivity index (χ4v) is 2.62. The van der Waals surface area contributed by atoms with Crippen molar-refractivity contribution in [3.05, 3.63) is 18.2 Å². The standard InChI is InChI=1S/C13H23N5O2/c1-16(2)6-10-5-11(19)7-18(10)13(20)12-8-17(4-3-14)9-15-12/h8-11,19H,3-7,14H2,1-2H3. The Kier molecular flexibility index (Phi) is 4.74. The summed E-state index contributed by atoms with van der Waals surface area (Å²) in [5, 5.41) is 9.81. The number of nitrogens with two attached hydrogens (primary N) is 1. The molecule has 1 aromatic heterocycles. The molecule has 7 heteroatoms. The van der Waals surface area contributed by atoms with Gasteiger partial charge in [-0.3, -0.25) is 4.79 Å². The van der Waals surface area contributed by atoms with Crippen molar-refractivity contribution in [2.75, 3.05) is 33.7 Å². The van der Waals surface area contributed by atoms with Crippen LogP contribution < -0.4 is 5.73 Å². The Morgan fingerprint density at radius 1 is 1.60 bits per heavy atom. The fourth-order valence-electron chi connectivity index (χ4n) is 2.62. The molecule has 1 aliphatic heterocycles. The van der Waals surface area contributed by atoms with Gasteiger partial charge in [-0.2, -0.15) is 0 Å². The van der Waals surface area contributed by atoms with Crippen molar-refractivity contribution in [2.24, 2.45) is 5.73 Å². The van der Waals surface area contributed by atoms with Crippen molar-refractivity contribution in [1.82, 2.24) is 19.4 Å². The first-order valence-corrected chi connectivity index (χ1v) is 6.87. The van der Waals surface area contributed by atoms with Gasteiger partial charge < -0.3 is 25.2 Å². The number of rotatable bonds is 5. The molecule has 2 atom stereocenters. The molecule has 0 spiro atoms. The molecule has 0 aliphatic carbocycles. The van der Waals surface area contributed by atoms with Crippen molar-refractivity contribution in [3.8, 4) is 0 Å². The molecule has 0 bridgehead atoms. The van der Waals surface area contributed by atoms with Crippen molar-refractivity contribution in [3.63, 3.8) is 0 Å². The lowest BCUT2D eigenvalue weighted by Gasteiger charge is -2.26. The number of carbonyl (C=O) groups excluding carboxylic acids is 1. The first kappa shape index (κ1) is 15.0. The summed E-state index contributed by atoms with van der Waals surface area (Å²) in [6.07, 6.45) is 3.50. The molecular weight excluding hydrogens is 258 g/mol. The van der Waals surface area contributed by atoms with E-state index in [-0.39, 0.29) is 11.9 Å². The van der Waals surface area contributed by atoms with E-state index < -0.39 is 6.10 Å². The molecular formula is C13H23N5O2. The maximum atomic E-state index is 12.5. The summed E-state index contributed by atoms with van der Waals surface area (Å²) in [5.74, 6) is -0.121. The fraction of sp³-hybridized carbons (Fsp3) is 0.692. The summed E-state index contributed by atoms with van der Waals surface area (Å²) < 4.78 is 1.81. The minimum Gasteiger partial charge on any atom is -0.391 e. The average Bonchev–Trinajstić information content (AvgIpc) is 2.95. The lowest BCUT2D eigenvalue weighted by atomic mass is 10.2. The Bertz CT molecular complexity index is 459. The topological polar surface area (TPSA) is 87.6 Å². The number of β-amino-alcohol motifs (C(OH)–C–C–N with tert-alkyl or cyclic N) is 1. The lowest BCUT2D eigenvalue weighted by Crippen LogP contribution is -2.41. The predicted molar refractivity (Wildman–Crippen MR) is 75.3 cm³/mol. The van der Waals surface area contributed by atoms with Crippen LogP contribution in [0.15, 0.2) is 12.5 Å². The molecule has 1 amide bonds. The van der Waals surface area contributed by atoms with Crippen LogP contribution in [-0.4, -0.2) is 76.2 Å². The first-order chi connectivity index (χ1) is 9.51. The second kappa shape index (κ2) is 6.34. The molecule has 2 unspecified atom stereocenters. The molecule has 1 fully saturated rings. The Hall–Kier alpha value is -1.44. The number of carbonyl (C=O) groups is 1. The third-order valence-electron chi connectivity index (χ3n) is 3.47. The quantitative estimate of drug-likeness (QED) is 0.721. The third kappa shape index (κ3) is 3.36. The van der Waals surface area contributed by atoms with Gasteiger partial charge in [0.25, 0.3) is 5.91 Å². The van der Waals surface area contributed by atoms with Gasteiger partial charge >= 0.3 is 0 Å².